The van der Waals surface area contributed by atoms with Crippen LogP contribution >= 0.6 is 0 Å². The molecule has 1 aromatic carbocycles. The lowest BCUT2D eigenvalue weighted by atomic mass is 10.1. The molecule has 1 aliphatic heterocycles. The smallest absolute Gasteiger partial charge is 0.278 e. The Balaban J connectivity index is 1.24. The van der Waals surface area contributed by atoms with Crippen molar-refractivity contribution in [3.8, 4) is 5.82 Å². The van der Waals surface area contributed by atoms with Crippen molar-refractivity contribution in [1.29, 1.82) is 0 Å². The zero-order chi connectivity index (χ0) is 25.4. The van der Waals surface area contributed by atoms with Crippen molar-refractivity contribution >= 4 is 28.4 Å². The van der Waals surface area contributed by atoms with E-state index >= 15 is 0 Å². The van der Waals surface area contributed by atoms with Gasteiger partial charge in [0.15, 0.2) is 11.5 Å². The highest BCUT2D eigenvalue weighted by Gasteiger charge is 2.26. The fourth-order valence-corrected chi connectivity index (χ4v) is 5.14. The Bertz CT molecular complexity index is 1480. The molecule has 9 nitrogen and oxygen atoms in total. The Morgan fingerprint density at radius 1 is 1.11 bits per heavy atom. The molecule has 6 rings (SSSR count). The van der Waals surface area contributed by atoms with Gasteiger partial charge in [-0.3, -0.25) is 9.69 Å². The first kappa shape index (κ1) is 23.4. The molecule has 4 heterocycles. The molecule has 1 saturated heterocycles. The molecule has 2 aliphatic rings. The maximum Gasteiger partial charge on any atom is 0.278 e. The van der Waals surface area contributed by atoms with Crippen molar-refractivity contribution in [1.82, 2.24) is 29.2 Å². The highest BCUT2D eigenvalue weighted by Crippen LogP contribution is 2.31. The monoisotopic (exact) mass is 496 g/mol. The van der Waals surface area contributed by atoms with E-state index < -0.39 is 0 Å². The SMILES string of the molecule is C=CCn1c(=O)c2cnc(Nc3ccc(N4CCN(CC5CC5)CC4)c(C)c3)nc2n1-c1ccccn1. The third-order valence-corrected chi connectivity index (χ3v) is 7.22. The van der Waals surface area contributed by atoms with Gasteiger partial charge in [-0.05, 0) is 61.6 Å². The molecule has 0 radical (unpaired) electrons. The molecular weight excluding hydrogens is 464 g/mol. The van der Waals surface area contributed by atoms with Crippen LogP contribution in [0.1, 0.15) is 18.4 Å². The molecule has 4 aromatic rings. The first-order chi connectivity index (χ1) is 18.1. The molecule has 9 heteroatoms. The number of nitrogens with zero attached hydrogens (tertiary/aromatic N) is 7. The largest absolute Gasteiger partial charge is 0.369 e. The van der Waals surface area contributed by atoms with Crippen molar-refractivity contribution in [2.45, 2.75) is 26.3 Å². The minimum atomic E-state index is -0.176. The summed E-state index contributed by atoms with van der Waals surface area (Å²) in [6.45, 7) is 11.9. The van der Waals surface area contributed by atoms with Gasteiger partial charge < -0.3 is 10.2 Å². The quantitative estimate of drug-likeness (QED) is 0.372. The van der Waals surface area contributed by atoms with Crippen LogP contribution in [-0.2, 0) is 6.54 Å². The van der Waals surface area contributed by atoms with Gasteiger partial charge in [0.1, 0.15) is 5.39 Å². The normalized spacial score (nSPS) is 16.3. The van der Waals surface area contributed by atoms with E-state index in [1.807, 2.05) is 18.2 Å². The summed E-state index contributed by atoms with van der Waals surface area (Å²) < 4.78 is 3.30. The molecule has 190 valence electrons. The highest BCUT2D eigenvalue weighted by atomic mass is 16.1. The zero-order valence-corrected chi connectivity index (χ0v) is 21.2. The minimum absolute atomic E-state index is 0.176. The van der Waals surface area contributed by atoms with Crippen LogP contribution in [0.15, 0.2) is 66.2 Å². The molecule has 0 amide bonds. The van der Waals surface area contributed by atoms with Crippen LogP contribution in [0, 0.1) is 12.8 Å². The van der Waals surface area contributed by atoms with Crippen molar-refractivity contribution in [2.24, 2.45) is 5.92 Å². The first-order valence-corrected chi connectivity index (χ1v) is 13.0. The molecule has 0 spiro atoms. The molecule has 2 fully saturated rings. The maximum atomic E-state index is 13.0. The van der Waals surface area contributed by atoms with Crippen molar-refractivity contribution in [2.75, 3.05) is 42.9 Å². The highest BCUT2D eigenvalue weighted by molar-refractivity contribution is 5.77. The van der Waals surface area contributed by atoms with Crippen molar-refractivity contribution in [3.63, 3.8) is 0 Å². The van der Waals surface area contributed by atoms with E-state index in [0.717, 1.165) is 37.8 Å². The maximum absolute atomic E-state index is 13.0. The number of nitrogens with one attached hydrogen (secondary N) is 1. The zero-order valence-electron chi connectivity index (χ0n) is 21.2. The van der Waals surface area contributed by atoms with E-state index in [1.165, 1.54) is 30.6 Å². The number of hydrogen-bond acceptors (Lipinski definition) is 7. The summed E-state index contributed by atoms with van der Waals surface area (Å²) >= 11 is 0. The van der Waals surface area contributed by atoms with E-state index in [0.29, 0.717) is 29.3 Å². The second-order valence-corrected chi connectivity index (χ2v) is 9.96. The third-order valence-electron chi connectivity index (χ3n) is 7.22. The predicted octanol–water partition coefficient (Wildman–Crippen LogP) is 3.75. The van der Waals surface area contributed by atoms with Crippen LogP contribution < -0.4 is 15.8 Å². The molecule has 0 atom stereocenters. The number of pyridine rings is 1. The lowest BCUT2D eigenvalue weighted by Crippen LogP contribution is -2.47. The number of rotatable bonds is 8. The summed E-state index contributed by atoms with van der Waals surface area (Å²) in [6, 6.07) is 12.0. The van der Waals surface area contributed by atoms with Gasteiger partial charge in [0.2, 0.25) is 5.95 Å². The van der Waals surface area contributed by atoms with E-state index in [2.05, 4.69) is 56.8 Å². The lowest BCUT2D eigenvalue weighted by Gasteiger charge is -2.37. The van der Waals surface area contributed by atoms with Gasteiger partial charge in [0, 0.05) is 56.5 Å². The summed E-state index contributed by atoms with van der Waals surface area (Å²) in [5.74, 6) is 1.98. The third kappa shape index (κ3) is 4.74. The van der Waals surface area contributed by atoms with Gasteiger partial charge in [-0.15, -0.1) is 6.58 Å². The number of benzene rings is 1. The molecule has 1 saturated carbocycles. The molecule has 1 N–H and O–H groups in total. The van der Waals surface area contributed by atoms with E-state index in [4.69, 9.17) is 4.98 Å². The second kappa shape index (κ2) is 9.82. The summed E-state index contributed by atoms with van der Waals surface area (Å²) in [6.07, 6.45) is 7.78. The van der Waals surface area contributed by atoms with Crippen molar-refractivity contribution < 1.29 is 0 Å². The Morgan fingerprint density at radius 3 is 2.65 bits per heavy atom. The number of aromatic nitrogens is 5. The summed E-state index contributed by atoms with van der Waals surface area (Å²) in [7, 11) is 0. The lowest BCUT2D eigenvalue weighted by molar-refractivity contribution is 0.248. The van der Waals surface area contributed by atoms with Crippen molar-refractivity contribution in [3.05, 3.63) is 77.4 Å². The number of aryl methyl sites for hydroxylation is 1. The van der Waals surface area contributed by atoms with Crippen LogP contribution in [0.4, 0.5) is 17.3 Å². The Hall–Kier alpha value is -3.98. The van der Waals surface area contributed by atoms with Crippen LogP contribution in [0.25, 0.3) is 16.9 Å². The Morgan fingerprint density at radius 2 is 1.95 bits per heavy atom. The van der Waals surface area contributed by atoms with E-state index in [9.17, 15) is 4.79 Å². The Labute approximate surface area is 216 Å². The fraction of sp³-hybridized carbons (Fsp3) is 0.357. The van der Waals surface area contributed by atoms with Gasteiger partial charge in [-0.1, -0.05) is 12.1 Å². The molecule has 3 aromatic heterocycles. The number of hydrogen-bond donors (Lipinski definition) is 1. The minimum Gasteiger partial charge on any atom is -0.369 e. The molecule has 0 bridgehead atoms. The van der Waals surface area contributed by atoms with Crippen LogP contribution in [0.5, 0.6) is 0 Å². The first-order valence-electron chi connectivity index (χ1n) is 13.0. The van der Waals surface area contributed by atoms with Crippen LogP contribution in [0.3, 0.4) is 0 Å². The molecule has 37 heavy (non-hydrogen) atoms. The van der Waals surface area contributed by atoms with Crippen LogP contribution in [-0.4, -0.2) is 61.9 Å². The second-order valence-electron chi connectivity index (χ2n) is 9.96. The average molecular weight is 497 g/mol. The predicted molar refractivity (Wildman–Crippen MR) is 147 cm³/mol. The van der Waals surface area contributed by atoms with Gasteiger partial charge >= 0.3 is 0 Å². The van der Waals surface area contributed by atoms with Gasteiger partial charge in [0.05, 0.1) is 6.54 Å². The standard InChI is InChI=1S/C28H32N8O/c1-3-12-35-27(37)23-18-30-28(32-26(23)36(35)25-6-4-5-11-29-25)31-22-9-10-24(20(2)17-22)34-15-13-33(14-16-34)19-21-7-8-21/h3-6,9-11,17-18,21H,1,7-8,12-16,19H2,2H3,(H,30,31,32). The molecular formula is C28H32N8O. The Kier molecular flexibility index (Phi) is 6.21. The number of piperazine rings is 1. The van der Waals surface area contributed by atoms with Gasteiger partial charge in [-0.2, -0.15) is 4.98 Å². The van der Waals surface area contributed by atoms with E-state index in [1.54, 1.807) is 27.8 Å². The van der Waals surface area contributed by atoms with Gasteiger partial charge in [-0.25, -0.2) is 19.3 Å². The molecule has 0 unspecified atom stereocenters. The average Bonchev–Trinajstić information content (AvgIpc) is 3.69. The fourth-order valence-electron chi connectivity index (χ4n) is 5.14. The summed E-state index contributed by atoms with van der Waals surface area (Å²) in [5, 5.41) is 3.76. The summed E-state index contributed by atoms with van der Waals surface area (Å²) in [5.41, 5.74) is 3.72. The number of fused-ring (bicyclic) bond motifs is 1. The van der Waals surface area contributed by atoms with Gasteiger partial charge in [0.25, 0.3) is 5.56 Å². The molecule has 1 aliphatic carbocycles. The summed E-state index contributed by atoms with van der Waals surface area (Å²) in [4.78, 5) is 31.7. The number of anilines is 3. The topological polar surface area (TPSA) is 84.1 Å². The number of allylic oxidation sites excluding steroid dienone is 1. The van der Waals surface area contributed by atoms with Crippen LogP contribution in [0.2, 0.25) is 0 Å². The van der Waals surface area contributed by atoms with E-state index in [-0.39, 0.29) is 5.56 Å².